The van der Waals surface area contributed by atoms with Crippen LogP contribution in [0.25, 0.3) is 10.9 Å². The van der Waals surface area contributed by atoms with Gasteiger partial charge in [-0.05, 0) is 63.6 Å². The van der Waals surface area contributed by atoms with E-state index in [0.717, 1.165) is 25.7 Å². The van der Waals surface area contributed by atoms with Gasteiger partial charge < -0.3 is 14.4 Å². The Morgan fingerprint density at radius 1 is 1.09 bits per heavy atom. The van der Waals surface area contributed by atoms with Crippen LogP contribution in [0.4, 0.5) is 13.2 Å². The van der Waals surface area contributed by atoms with Crippen molar-refractivity contribution in [3.63, 3.8) is 0 Å². The van der Waals surface area contributed by atoms with Gasteiger partial charge in [-0.2, -0.15) is 4.98 Å². The van der Waals surface area contributed by atoms with Gasteiger partial charge in [0.1, 0.15) is 23.2 Å². The number of rotatable bonds is 5. The average molecular weight is 446 g/mol. The minimum Gasteiger partial charge on any atom is -0.490 e. The highest BCUT2D eigenvalue weighted by molar-refractivity contribution is 5.79. The molecule has 1 aliphatic carbocycles. The zero-order valence-corrected chi connectivity index (χ0v) is 17.9. The molecule has 2 aromatic carbocycles. The fourth-order valence-corrected chi connectivity index (χ4v) is 4.36. The highest BCUT2D eigenvalue weighted by Gasteiger charge is 2.32. The van der Waals surface area contributed by atoms with Crippen LogP contribution in [0.15, 0.2) is 41.5 Å². The predicted molar refractivity (Wildman–Crippen MR) is 114 cm³/mol. The normalized spacial score (nSPS) is 19.3. The maximum absolute atomic E-state index is 14.1. The lowest BCUT2D eigenvalue weighted by Gasteiger charge is -2.35. The van der Waals surface area contributed by atoms with Crippen molar-refractivity contribution in [1.29, 1.82) is 0 Å². The third-order valence-corrected chi connectivity index (χ3v) is 6.23. The first kappa shape index (κ1) is 22.3. The Hall–Kier alpha value is -2.87. The first-order valence-electron chi connectivity index (χ1n) is 10.6. The zero-order valence-electron chi connectivity index (χ0n) is 17.9. The molecule has 0 saturated heterocycles. The van der Waals surface area contributed by atoms with E-state index in [4.69, 9.17) is 4.74 Å². The summed E-state index contributed by atoms with van der Waals surface area (Å²) in [5.74, 6) is -2.26. The van der Waals surface area contributed by atoms with Crippen molar-refractivity contribution in [1.82, 2.24) is 9.55 Å². The Balaban J connectivity index is 1.57. The smallest absolute Gasteiger partial charge is 0.280 e. The molecule has 32 heavy (non-hydrogen) atoms. The second-order valence-corrected chi connectivity index (χ2v) is 8.95. The van der Waals surface area contributed by atoms with Gasteiger partial charge in [-0.15, -0.1) is 0 Å². The van der Waals surface area contributed by atoms with Crippen molar-refractivity contribution in [3.8, 4) is 5.75 Å². The lowest BCUT2D eigenvalue weighted by molar-refractivity contribution is -0.0151. The third kappa shape index (κ3) is 4.65. The van der Waals surface area contributed by atoms with Crippen LogP contribution in [-0.4, -0.2) is 26.4 Å². The molecule has 1 heterocycles. The van der Waals surface area contributed by atoms with E-state index in [9.17, 15) is 23.1 Å². The number of aromatic nitrogens is 2. The van der Waals surface area contributed by atoms with Crippen molar-refractivity contribution in [2.75, 3.05) is 0 Å². The maximum Gasteiger partial charge on any atom is 0.280 e. The number of ether oxygens (including phenoxy) is 1. The molecule has 0 amide bonds. The molecule has 0 spiro atoms. The second kappa shape index (κ2) is 8.58. The molecule has 1 N–H and O–H groups in total. The third-order valence-electron chi connectivity index (χ3n) is 6.23. The van der Waals surface area contributed by atoms with Gasteiger partial charge in [0.25, 0.3) is 5.56 Å². The molecule has 1 aliphatic rings. The number of halogens is 3. The SMILES string of the molecule is CC(C)(O)C1CCC(Oc2ccc3c(c2)c(=O)ncn3Cc2c(F)cc(F)cc2F)CC1. The van der Waals surface area contributed by atoms with Crippen LogP contribution in [0.1, 0.15) is 45.1 Å². The summed E-state index contributed by atoms with van der Waals surface area (Å²) in [6.07, 6.45) is 4.49. The highest BCUT2D eigenvalue weighted by Crippen LogP contribution is 2.34. The minimum atomic E-state index is -1.00. The van der Waals surface area contributed by atoms with E-state index < -0.39 is 28.6 Å². The summed E-state index contributed by atoms with van der Waals surface area (Å²) in [5.41, 5.74) is -1.07. The van der Waals surface area contributed by atoms with Crippen LogP contribution in [0.3, 0.4) is 0 Å². The van der Waals surface area contributed by atoms with Gasteiger partial charge in [0.2, 0.25) is 0 Å². The van der Waals surface area contributed by atoms with Crippen molar-refractivity contribution in [2.45, 2.75) is 57.8 Å². The second-order valence-electron chi connectivity index (χ2n) is 8.95. The zero-order chi connectivity index (χ0) is 23.0. The summed E-state index contributed by atoms with van der Waals surface area (Å²) < 4.78 is 48.9. The largest absolute Gasteiger partial charge is 0.490 e. The van der Waals surface area contributed by atoms with Gasteiger partial charge in [-0.1, -0.05) is 0 Å². The molecule has 5 nitrogen and oxygen atoms in total. The van der Waals surface area contributed by atoms with Gasteiger partial charge in [0.15, 0.2) is 0 Å². The Labute approximate surface area is 183 Å². The van der Waals surface area contributed by atoms with Gasteiger partial charge in [-0.25, -0.2) is 13.2 Å². The van der Waals surface area contributed by atoms with Crippen LogP contribution >= 0.6 is 0 Å². The van der Waals surface area contributed by atoms with Crippen molar-refractivity contribution in [2.24, 2.45) is 5.92 Å². The summed E-state index contributed by atoms with van der Waals surface area (Å²) in [6.45, 7) is 3.40. The van der Waals surface area contributed by atoms with Crippen molar-refractivity contribution >= 4 is 10.9 Å². The number of hydrogen-bond acceptors (Lipinski definition) is 4. The van der Waals surface area contributed by atoms with Crippen molar-refractivity contribution in [3.05, 3.63) is 70.0 Å². The van der Waals surface area contributed by atoms with E-state index in [-0.39, 0.29) is 29.5 Å². The van der Waals surface area contributed by atoms with Gasteiger partial charge in [0, 0.05) is 17.7 Å². The van der Waals surface area contributed by atoms with E-state index >= 15 is 0 Å². The molecule has 1 aromatic heterocycles. The Morgan fingerprint density at radius 2 is 1.75 bits per heavy atom. The molecule has 0 bridgehead atoms. The van der Waals surface area contributed by atoms with E-state index in [0.29, 0.717) is 23.4 Å². The molecule has 1 saturated carbocycles. The summed E-state index contributed by atoms with van der Waals surface area (Å²) in [7, 11) is 0. The lowest BCUT2D eigenvalue weighted by Crippen LogP contribution is -2.36. The lowest BCUT2D eigenvalue weighted by atomic mass is 9.78. The average Bonchev–Trinajstić information content (AvgIpc) is 2.72. The molecule has 0 atom stereocenters. The minimum absolute atomic E-state index is 0.0210. The standard InChI is InChI=1S/C24H25F3N2O3/c1-24(2,31)14-3-5-16(6-4-14)32-17-7-8-22-18(11-17)23(30)28-13-29(22)12-19-20(26)9-15(25)10-21(19)27/h7-11,13-14,16,31H,3-6,12H2,1-2H3. The topological polar surface area (TPSA) is 64.3 Å². The Bertz CT molecular complexity index is 1170. The number of benzene rings is 2. The summed E-state index contributed by atoms with van der Waals surface area (Å²) in [5, 5.41) is 10.5. The van der Waals surface area contributed by atoms with E-state index in [1.165, 1.54) is 10.9 Å². The molecule has 3 aromatic rings. The number of fused-ring (bicyclic) bond motifs is 1. The molecule has 0 radical (unpaired) electrons. The molecule has 8 heteroatoms. The van der Waals surface area contributed by atoms with Crippen LogP contribution in [-0.2, 0) is 6.54 Å². The molecule has 4 rings (SSSR count). The summed E-state index contributed by atoms with van der Waals surface area (Å²) in [6, 6.07) is 6.18. The van der Waals surface area contributed by atoms with Crippen LogP contribution < -0.4 is 10.3 Å². The van der Waals surface area contributed by atoms with E-state index in [2.05, 4.69) is 4.98 Å². The first-order chi connectivity index (χ1) is 15.1. The fraction of sp³-hybridized carbons (Fsp3) is 0.417. The van der Waals surface area contributed by atoms with Gasteiger partial charge >= 0.3 is 0 Å². The quantitative estimate of drug-likeness (QED) is 0.624. The maximum atomic E-state index is 14.1. The fourth-order valence-electron chi connectivity index (χ4n) is 4.36. The predicted octanol–water partition coefficient (Wildman–Crippen LogP) is 4.57. The first-order valence-corrected chi connectivity index (χ1v) is 10.6. The van der Waals surface area contributed by atoms with Gasteiger partial charge in [0.05, 0.1) is 35.5 Å². The Morgan fingerprint density at radius 3 is 2.38 bits per heavy atom. The van der Waals surface area contributed by atoms with Crippen LogP contribution in [0.2, 0.25) is 0 Å². The highest BCUT2D eigenvalue weighted by atomic mass is 19.1. The molecular formula is C24H25F3N2O3. The Kier molecular flexibility index (Phi) is 5.99. The number of hydrogen-bond donors (Lipinski definition) is 1. The molecule has 170 valence electrons. The number of aliphatic hydroxyl groups is 1. The van der Waals surface area contributed by atoms with E-state index in [1.807, 2.05) is 13.8 Å². The molecule has 0 aliphatic heterocycles. The summed E-state index contributed by atoms with van der Waals surface area (Å²) in [4.78, 5) is 16.2. The molecular weight excluding hydrogens is 421 g/mol. The van der Waals surface area contributed by atoms with Crippen molar-refractivity contribution < 1.29 is 23.0 Å². The number of nitrogens with zero attached hydrogens (tertiary/aromatic N) is 2. The monoisotopic (exact) mass is 446 g/mol. The molecule has 1 fully saturated rings. The van der Waals surface area contributed by atoms with E-state index in [1.54, 1.807) is 18.2 Å². The van der Waals surface area contributed by atoms with Gasteiger partial charge in [-0.3, -0.25) is 4.79 Å². The van der Waals surface area contributed by atoms with Crippen LogP contribution in [0.5, 0.6) is 5.75 Å². The van der Waals surface area contributed by atoms with Crippen LogP contribution in [0, 0.1) is 23.4 Å². The summed E-state index contributed by atoms with van der Waals surface area (Å²) >= 11 is 0. The molecule has 0 unspecified atom stereocenters.